The molecule has 2 aromatic heterocycles. The van der Waals surface area contributed by atoms with Crippen LogP contribution in [0.25, 0.3) is 0 Å². The van der Waals surface area contributed by atoms with E-state index in [1.54, 1.807) is 24.7 Å². The van der Waals surface area contributed by atoms with Crippen molar-refractivity contribution < 1.29 is 4.79 Å². The Labute approximate surface area is 94.1 Å². The average Bonchev–Trinajstić information content (AvgIpc) is 2.80. The van der Waals surface area contributed by atoms with E-state index >= 15 is 0 Å². The highest BCUT2D eigenvalue weighted by Crippen LogP contribution is 2.13. The Morgan fingerprint density at radius 2 is 2.12 bits per heavy atom. The van der Waals surface area contributed by atoms with Gasteiger partial charge in [-0.1, -0.05) is 0 Å². The SMILES string of the molecule is CCN(c1ccncc1)n1ccc(C=O)c1. The van der Waals surface area contributed by atoms with Crippen molar-refractivity contribution in [2.75, 3.05) is 11.6 Å². The minimum absolute atomic E-state index is 0.674. The van der Waals surface area contributed by atoms with E-state index in [2.05, 4.69) is 16.9 Å². The standard InChI is InChI=1S/C12H13N3O/c1-2-15(12-3-6-13-7-4-12)14-8-5-11(9-14)10-16/h3-10H,2H2,1H3. The van der Waals surface area contributed by atoms with Crippen LogP contribution in [-0.4, -0.2) is 22.5 Å². The van der Waals surface area contributed by atoms with E-state index < -0.39 is 0 Å². The number of nitrogens with zero attached hydrogens (tertiary/aromatic N) is 3. The predicted octanol–water partition coefficient (Wildman–Crippen LogP) is 1.99. The highest BCUT2D eigenvalue weighted by molar-refractivity contribution is 5.74. The number of hydrogen-bond donors (Lipinski definition) is 0. The summed E-state index contributed by atoms with van der Waals surface area (Å²) >= 11 is 0. The largest absolute Gasteiger partial charge is 0.298 e. The molecule has 2 rings (SSSR count). The lowest BCUT2D eigenvalue weighted by Gasteiger charge is -2.24. The summed E-state index contributed by atoms with van der Waals surface area (Å²) in [5, 5.41) is 2.05. The van der Waals surface area contributed by atoms with Crippen LogP contribution >= 0.6 is 0 Å². The smallest absolute Gasteiger partial charge is 0.151 e. The number of aldehydes is 1. The summed E-state index contributed by atoms with van der Waals surface area (Å²) < 4.78 is 1.90. The zero-order chi connectivity index (χ0) is 11.4. The fourth-order valence-electron chi connectivity index (χ4n) is 1.62. The molecule has 0 amide bonds. The first-order chi connectivity index (χ1) is 7.85. The molecule has 0 aromatic carbocycles. The molecule has 0 saturated carbocycles. The third kappa shape index (κ3) is 1.95. The molecule has 0 N–H and O–H groups in total. The maximum atomic E-state index is 10.6. The Hall–Kier alpha value is -2.10. The monoisotopic (exact) mass is 215 g/mol. The topological polar surface area (TPSA) is 38.1 Å². The van der Waals surface area contributed by atoms with E-state index in [1.807, 2.05) is 23.0 Å². The molecule has 0 saturated heterocycles. The highest BCUT2D eigenvalue weighted by atomic mass is 16.1. The Kier molecular flexibility index (Phi) is 3.00. The van der Waals surface area contributed by atoms with Crippen LogP contribution in [0.15, 0.2) is 43.0 Å². The van der Waals surface area contributed by atoms with Gasteiger partial charge in [-0.25, -0.2) is 0 Å². The Bertz CT molecular complexity index is 464. The van der Waals surface area contributed by atoms with Crippen molar-refractivity contribution >= 4 is 12.0 Å². The number of carbonyl (C=O) groups excluding carboxylic acids is 1. The Morgan fingerprint density at radius 3 is 2.69 bits per heavy atom. The number of carbonyl (C=O) groups is 1. The highest BCUT2D eigenvalue weighted by Gasteiger charge is 2.05. The second-order valence-corrected chi connectivity index (χ2v) is 3.36. The molecule has 2 aromatic rings. The maximum absolute atomic E-state index is 10.6. The van der Waals surface area contributed by atoms with Crippen LogP contribution in [0.2, 0.25) is 0 Å². The number of hydrogen-bond acceptors (Lipinski definition) is 3. The molecule has 0 aliphatic carbocycles. The third-order valence-electron chi connectivity index (χ3n) is 2.38. The first-order valence-corrected chi connectivity index (χ1v) is 5.16. The lowest BCUT2D eigenvalue weighted by Crippen LogP contribution is -2.27. The van der Waals surface area contributed by atoms with Gasteiger partial charge in [0.1, 0.15) is 0 Å². The quantitative estimate of drug-likeness (QED) is 0.732. The summed E-state index contributed by atoms with van der Waals surface area (Å²) in [5.74, 6) is 0. The van der Waals surface area contributed by atoms with Gasteiger partial charge in [-0.15, -0.1) is 0 Å². The molecule has 0 spiro atoms. The lowest BCUT2D eigenvalue weighted by molar-refractivity contribution is 0.112. The second kappa shape index (κ2) is 4.61. The van der Waals surface area contributed by atoms with Crippen molar-refractivity contribution in [3.8, 4) is 0 Å². The molecule has 16 heavy (non-hydrogen) atoms. The minimum Gasteiger partial charge on any atom is -0.298 e. The van der Waals surface area contributed by atoms with Crippen molar-refractivity contribution in [2.24, 2.45) is 0 Å². The summed E-state index contributed by atoms with van der Waals surface area (Å²) in [6, 6.07) is 5.66. The van der Waals surface area contributed by atoms with Crippen LogP contribution in [0, 0.1) is 0 Å². The number of rotatable bonds is 4. The van der Waals surface area contributed by atoms with Crippen molar-refractivity contribution in [1.29, 1.82) is 0 Å². The van der Waals surface area contributed by atoms with Gasteiger partial charge in [0.2, 0.25) is 0 Å². The third-order valence-corrected chi connectivity index (χ3v) is 2.38. The minimum atomic E-state index is 0.674. The van der Waals surface area contributed by atoms with E-state index in [0.717, 1.165) is 18.5 Å². The summed E-state index contributed by atoms with van der Waals surface area (Å²) in [5.41, 5.74) is 1.72. The van der Waals surface area contributed by atoms with E-state index in [0.29, 0.717) is 5.56 Å². The molecule has 2 heterocycles. The first kappa shape index (κ1) is 10.4. The lowest BCUT2D eigenvalue weighted by atomic mass is 10.4. The van der Waals surface area contributed by atoms with Crippen molar-refractivity contribution in [3.05, 3.63) is 48.5 Å². The molecular formula is C12H13N3O. The van der Waals surface area contributed by atoms with Gasteiger partial charge in [0.25, 0.3) is 0 Å². The fourth-order valence-corrected chi connectivity index (χ4v) is 1.62. The van der Waals surface area contributed by atoms with E-state index in [4.69, 9.17) is 0 Å². The molecule has 82 valence electrons. The molecule has 0 bridgehead atoms. The van der Waals surface area contributed by atoms with E-state index in [9.17, 15) is 4.79 Å². The molecule has 4 heteroatoms. The summed E-state index contributed by atoms with van der Waals surface area (Å²) in [6.45, 7) is 2.87. The summed E-state index contributed by atoms with van der Waals surface area (Å²) in [6.07, 6.45) is 8.02. The molecule has 0 unspecified atom stereocenters. The maximum Gasteiger partial charge on any atom is 0.151 e. The number of anilines is 1. The normalized spacial score (nSPS) is 10.1. The van der Waals surface area contributed by atoms with Gasteiger partial charge in [-0.2, -0.15) is 0 Å². The van der Waals surface area contributed by atoms with Crippen LogP contribution in [-0.2, 0) is 0 Å². The molecular weight excluding hydrogens is 202 g/mol. The van der Waals surface area contributed by atoms with Crippen LogP contribution < -0.4 is 5.01 Å². The molecule has 4 nitrogen and oxygen atoms in total. The summed E-state index contributed by atoms with van der Waals surface area (Å²) in [7, 11) is 0. The van der Waals surface area contributed by atoms with Gasteiger partial charge in [0.15, 0.2) is 6.29 Å². The van der Waals surface area contributed by atoms with Gasteiger partial charge < -0.3 is 0 Å². The Morgan fingerprint density at radius 1 is 1.38 bits per heavy atom. The van der Waals surface area contributed by atoms with Gasteiger partial charge in [0.05, 0.1) is 5.69 Å². The molecule has 0 radical (unpaired) electrons. The summed E-state index contributed by atoms with van der Waals surface area (Å²) in [4.78, 5) is 14.6. The fraction of sp³-hybridized carbons (Fsp3) is 0.167. The van der Waals surface area contributed by atoms with Gasteiger partial charge >= 0.3 is 0 Å². The predicted molar refractivity (Wildman–Crippen MR) is 62.5 cm³/mol. The van der Waals surface area contributed by atoms with Crippen LogP contribution in [0.5, 0.6) is 0 Å². The zero-order valence-electron chi connectivity index (χ0n) is 9.08. The van der Waals surface area contributed by atoms with Crippen LogP contribution in [0.4, 0.5) is 5.69 Å². The van der Waals surface area contributed by atoms with Gasteiger partial charge in [-0.05, 0) is 25.1 Å². The Balaban J connectivity index is 2.32. The van der Waals surface area contributed by atoms with Crippen LogP contribution in [0.3, 0.4) is 0 Å². The first-order valence-electron chi connectivity index (χ1n) is 5.16. The number of aromatic nitrogens is 2. The average molecular weight is 215 g/mol. The van der Waals surface area contributed by atoms with Crippen LogP contribution in [0.1, 0.15) is 17.3 Å². The van der Waals surface area contributed by atoms with Crippen molar-refractivity contribution in [3.63, 3.8) is 0 Å². The van der Waals surface area contributed by atoms with Gasteiger partial charge in [-0.3, -0.25) is 19.5 Å². The van der Waals surface area contributed by atoms with Crippen molar-refractivity contribution in [2.45, 2.75) is 6.92 Å². The molecule has 0 aliphatic rings. The zero-order valence-corrected chi connectivity index (χ0v) is 9.08. The molecule has 0 atom stereocenters. The second-order valence-electron chi connectivity index (χ2n) is 3.36. The van der Waals surface area contributed by atoms with E-state index in [1.165, 1.54) is 0 Å². The van der Waals surface area contributed by atoms with Gasteiger partial charge in [0, 0.05) is 36.9 Å². The molecule has 0 fully saturated rings. The van der Waals surface area contributed by atoms with E-state index in [-0.39, 0.29) is 0 Å². The van der Waals surface area contributed by atoms with Crippen molar-refractivity contribution in [1.82, 2.24) is 9.66 Å². The molecule has 0 aliphatic heterocycles. The number of pyridine rings is 1.